The molecule has 1 N–H and O–H groups in total. The fraction of sp³-hybridized carbons (Fsp3) is 0.300. The molecule has 2 aromatic carbocycles. The minimum atomic E-state index is -0.975. The monoisotopic (exact) mass is 393 g/mol. The highest BCUT2D eigenvalue weighted by Crippen LogP contribution is 2.26. The molecular formula is C20H21Cl2NO3. The summed E-state index contributed by atoms with van der Waals surface area (Å²) >= 11 is 11.8. The first kappa shape index (κ1) is 20.3. The van der Waals surface area contributed by atoms with E-state index in [2.05, 4.69) is 26.1 Å². The molecule has 138 valence electrons. The molecule has 0 bridgehead atoms. The predicted octanol–water partition coefficient (Wildman–Crippen LogP) is 5.47. The molecule has 0 heterocycles. The van der Waals surface area contributed by atoms with Crippen molar-refractivity contribution in [3.05, 3.63) is 63.6 Å². The van der Waals surface area contributed by atoms with E-state index >= 15 is 0 Å². The summed E-state index contributed by atoms with van der Waals surface area (Å²) in [7, 11) is 0. The Morgan fingerprint density at radius 2 is 1.65 bits per heavy atom. The average molecular weight is 394 g/mol. The molecule has 6 heteroatoms. The van der Waals surface area contributed by atoms with Gasteiger partial charge in [-0.15, -0.1) is 0 Å². The molecule has 0 aliphatic carbocycles. The lowest BCUT2D eigenvalue weighted by atomic mass is 9.87. The van der Waals surface area contributed by atoms with Crippen molar-refractivity contribution in [3.8, 4) is 0 Å². The highest BCUT2D eigenvalue weighted by atomic mass is 35.5. The van der Waals surface area contributed by atoms with Crippen LogP contribution in [0.2, 0.25) is 10.0 Å². The van der Waals surface area contributed by atoms with Gasteiger partial charge < -0.3 is 10.1 Å². The van der Waals surface area contributed by atoms with Crippen molar-refractivity contribution in [2.75, 3.05) is 5.32 Å². The van der Waals surface area contributed by atoms with Crippen molar-refractivity contribution in [2.24, 2.45) is 0 Å². The van der Waals surface area contributed by atoms with Crippen LogP contribution in [0.3, 0.4) is 0 Å². The first-order valence-corrected chi connectivity index (χ1v) is 8.91. The Morgan fingerprint density at radius 3 is 2.19 bits per heavy atom. The third kappa shape index (κ3) is 5.23. The molecule has 0 spiro atoms. The van der Waals surface area contributed by atoms with Crippen LogP contribution in [0.25, 0.3) is 0 Å². The van der Waals surface area contributed by atoms with Crippen molar-refractivity contribution >= 4 is 40.8 Å². The Bertz CT molecular complexity index is 811. The van der Waals surface area contributed by atoms with E-state index in [1.165, 1.54) is 13.0 Å². The zero-order valence-corrected chi connectivity index (χ0v) is 16.6. The van der Waals surface area contributed by atoms with E-state index in [0.29, 0.717) is 21.3 Å². The zero-order chi connectivity index (χ0) is 19.5. The maximum atomic E-state index is 12.2. The van der Waals surface area contributed by atoms with Crippen LogP contribution in [0.1, 0.15) is 43.6 Å². The molecule has 0 saturated heterocycles. The van der Waals surface area contributed by atoms with Crippen molar-refractivity contribution < 1.29 is 14.3 Å². The summed E-state index contributed by atoms with van der Waals surface area (Å²) in [5.41, 5.74) is 1.89. The number of hydrogen-bond acceptors (Lipinski definition) is 3. The average Bonchev–Trinajstić information content (AvgIpc) is 2.56. The van der Waals surface area contributed by atoms with Crippen LogP contribution < -0.4 is 5.32 Å². The molecule has 4 nitrogen and oxygen atoms in total. The molecule has 2 rings (SSSR count). The minimum absolute atomic E-state index is 0.00649. The molecule has 0 radical (unpaired) electrons. The van der Waals surface area contributed by atoms with Crippen molar-refractivity contribution in [3.63, 3.8) is 0 Å². The molecule has 1 amide bonds. The smallest absolute Gasteiger partial charge is 0.338 e. The Balaban J connectivity index is 2.00. The summed E-state index contributed by atoms with van der Waals surface area (Å²) in [6, 6.07) is 11.9. The zero-order valence-electron chi connectivity index (χ0n) is 15.1. The third-order valence-electron chi connectivity index (χ3n) is 3.83. The van der Waals surface area contributed by atoms with Crippen molar-refractivity contribution in [1.82, 2.24) is 0 Å². The highest BCUT2D eigenvalue weighted by molar-refractivity contribution is 6.36. The lowest BCUT2D eigenvalue weighted by Crippen LogP contribution is -2.30. The van der Waals surface area contributed by atoms with E-state index in [1.807, 2.05) is 12.1 Å². The fourth-order valence-corrected chi connectivity index (χ4v) is 2.67. The van der Waals surface area contributed by atoms with E-state index in [4.69, 9.17) is 27.9 Å². The van der Waals surface area contributed by atoms with Crippen LogP contribution in [0.5, 0.6) is 0 Å². The van der Waals surface area contributed by atoms with E-state index in [0.717, 1.165) is 5.56 Å². The van der Waals surface area contributed by atoms with Gasteiger partial charge in [-0.05, 0) is 48.2 Å². The van der Waals surface area contributed by atoms with E-state index in [1.54, 1.807) is 24.3 Å². The van der Waals surface area contributed by atoms with Gasteiger partial charge in [-0.25, -0.2) is 4.79 Å². The number of amides is 1. The van der Waals surface area contributed by atoms with Gasteiger partial charge in [-0.2, -0.15) is 0 Å². The molecular weight excluding hydrogens is 373 g/mol. The maximum absolute atomic E-state index is 12.2. The summed E-state index contributed by atoms with van der Waals surface area (Å²) in [6.45, 7) is 7.78. The van der Waals surface area contributed by atoms with Gasteiger partial charge in [0.25, 0.3) is 5.91 Å². The van der Waals surface area contributed by atoms with Gasteiger partial charge in [0.05, 0.1) is 16.3 Å². The lowest BCUT2D eigenvalue weighted by molar-refractivity contribution is -0.123. The van der Waals surface area contributed by atoms with Crippen LogP contribution >= 0.6 is 23.2 Å². The largest absolute Gasteiger partial charge is 0.449 e. The summed E-state index contributed by atoms with van der Waals surface area (Å²) in [6.07, 6.45) is -0.975. The second-order valence-electron chi connectivity index (χ2n) is 6.99. The first-order valence-electron chi connectivity index (χ1n) is 8.15. The minimum Gasteiger partial charge on any atom is -0.449 e. The molecule has 0 aliphatic rings. The third-order valence-corrected chi connectivity index (χ3v) is 4.38. The van der Waals surface area contributed by atoms with Crippen LogP contribution in [-0.4, -0.2) is 18.0 Å². The number of carbonyl (C=O) groups excluding carboxylic acids is 2. The standard InChI is InChI=1S/C20H21Cl2NO3/c1-12(18(24)23-17-10-9-15(21)11-16(17)22)26-19(25)13-5-7-14(8-6-13)20(2,3)4/h5-12H,1-4H3,(H,23,24)/t12-/m0/s1. The Hall–Kier alpha value is -2.04. The number of hydrogen-bond donors (Lipinski definition) is 1. The highest BCUT2D eigenvalue weighted by Gasteiger charge is 2.20. The molecule has 0 fully saturated rings. The SMILES string of the molecule is C[C@H](OC(=O)c1ccc(C(C)(C)C)cc1)C(=O)Nc1ccc(Cl)cc1Cl. The lowest BCUT2D eigenvalue weighted by Gasteiger charge is -2.19. The number of anilines is 1. The van der Waals surface area contributed by atoms with Crippen LogP contribution in [0.15, 0.2) is 42.5 Å². The van der Waals surface area contributed by atoms with Gasteiger partial charge >= 0.3 is 5.97 Å². The number of nitrogens with one attached hydrogen (secondary N) is 1. The second-order valence-corrected chi connectivity index (χ2v) is 7.83. The van der Waals surface area contributed by atoms with Gasteiger partial charge in [-0.3, -0.25) is 4.79 Å². The Labute approximate surface area is 163 Å². The van der Waals surface area contributed by atoms with E-state index < -0.39 is 18.0 Å². The van der Waals surface area contributed by atoms with Crippen LogP contribution in [0.4, 0.5) is 5.69 Å². The van der Waals surface area contributed by atoms with Crippen LogP contribution in [-0.2, 0) is 14.9 Å². The van der Waals surface area contributed by atoms with Gasteiger partial charge in [-0.1, -0.05) is 56.1 Å². The topological polar surface area (TPSA) is 55.4 Å². The number of benzene rings is 2. The number of rotatable bonds is 4. The molecule has 26 heavy (non-hydrogen) atoms. The van der Waals surface area contributed by atoms with E-state index in [-0.39, 0.29) is 5.41 Å². The van der Waals surface area contributed by atoms with Crippen molar-refractivity contribution in [1.29, 1.82) is 0 Å². The van der Waals surface area contributed by atoms with E-state index in [9.17, 15) is 9.59 Å². The molecule has 0 unspecified atom stereocenters. The summed E-state index contributed by atoms with van der Waals surface area (Å²) < 4.78 is 5.24. The summed E-state index contributed by atoms with van der Waals surface area (Å²) in [4.78, 5) is 24.5. The summed E-state index contributed by atoms with van der Waals surface area (Å²) in [5, 5.41) is 3.39. The van der Waals surface area contributed by atoms with Crippen molar-refractivity contribution in [2.45, 2.75) is 39.2 Å². The maximum Gasteiger partial charge on any atom is 0.338 e. The van der Waals surface area contributed by atoms with Gasteiger partial charge in [0.2, 0.25) is 0 Å². The normalized spacial score (nSPS) is 12.4. The number of esters is 1. The Kier molecular flexibility index (Phi) is 6.32. The molecule has 0 aromatic heterocycles. The van der Waals surface area contributed by atoms with Gasteiger partial charge in [0.15, 0.2) is 6.10 Å². The second kappa shape index (κ2) is 8.11. The molecule has 1 atom stereocenters. The fourth-order valence-electron chi connectivity index (χ4n) is 2.21. The molecule has 0 saturated carbocycles. The summed E-state index contributed by atoms with van der Waals surface area (Å²) in [5.74, 6) is -1.04. The molecule has 0 aliphatic heterocycles. The number of ether oxygens (including phenoxy) is 1. The quantitative estimate of drug-likeness (QED) is 0.700. The number of carbonyl (C=O) groups is 2. The van der Waals surface area contributed by atoms with Gasteiger partial charge in [0, 0.05) is 5.02 Å². The van der Waals surface area contributed by atoms with Crippen LogP contribution in [0, 0.1) is 0 Å². The Morgan fingerprint density at radius 1 is 1.04 bits per heavy atom. The molecule has 2 aromatic rings. The number of halogens is 2. The van der Waals surface area contributed by atoms with Gasteiger partial charge in [0.1, 0.15) is 0 Å². The predicted molar refractivity (Wildman–Crippen MR) is 105 cm³/mol. The first-order chi connectivity index (χ1) is 12.1.